The van der Waals surface area contributed by atoms with Crippen molar-refractivity contribution in [3.63, 3.8) is 0 Å². The number of furan rings is 1. The minimum Gasteiger partial charge on any atom is -0.464 e. The lowest BCUT2D eigenvalue weighted by Gasteiger charge is -2.30. The van der Waals surface area contributed by atoms with Crippen molar-refractivity contribution in [3.05, 3.63) is 23.7 Å². The van der Waals surface area contributed by atoms with Crippen molar-refractivity contribution in [2.75, 3.05) is 13.1 Å². The molecule has 1 aliphatic rings. The van der Waals surface area contributed by atoms with Crippen molar-refractivity contribution in [1.29, 1.82) is 0 Å². The zero-order chi connectivity index (χ0) is 12.3. The van der Waals surface area contributed by atoms with Crippen molar-refractivity contribution in [2.45, 2.75) is 52.5 Å². The van der Waals surface area contributed by atoms with Crippen LogP contribution in [0.15, 0.2) is 16.5 Å². The van der Waals surface area contributed by atoms with Gasteiger partial charge in [-0.3, -0.25) is 4.90 Å². The number of hydrogen-bond donors (Lipinski definition) is 0. The molecule has 0 unspecified atom stereocenters. The van der Waals surface area contributed by atoms with E-state index in [1.165, 1.54) is 32.4 Å². The Kier molecular flexibility index (Phi) is 4.27. The van der Waals surface area contributed by atoms with Gasteiger partial charge in [-0.15, -0.1) is 0 Å². The molecule has 0 saturated carbocycles. The SMILES string of the molecule is CCC1CCN(Cc2ccc(C(C)C)o2)CC1. The van der Waals surface area contributed by atoms with Crippen LogP contribution in [-0.2, 0) is 6.54 Å². The van der Waals surface area contributed by atoms with Gasteiger partial charge in [0.2, 0.25) is 0 Å². The van der Waals surface area contributed by atoms with Gasteiger partial charge >= 0.3 is 0 Å². The van der Waals surface area contributed by atoms with E-state index < -0.39 is 0 Å². The van der Waals surface area contributed by atoms with E-state index in [0.717, 1.165) is 24.0 Å². The molecule has 0 atom stereocenters. The Morgan fingerprint density at radius 3 is 2.53 bits per heavy atom. The Balaban J connectivity index is 1.84. The quantitative estimate of drug-likeness (QED) is 0.783. The standard InChI is InChI=1S/C15H25NO/c1-4-13-7-9-16(10-8-13)11-14-5-6-15(17-14)12(2)3/h5-6,12-13H,4,7-11H2,1-3H3. The first-order chi connectivity index (χ1) is 8.19. The zero-order valence-corrected chi connectivity index (χ0v) is 11.4. The Labute approximate surface area is 105 Å². The highest BCUT2D eigenvalue weighted by Crippen LogP contribution is 2.23. The lowest BCUT2D eigenvalue weighted by Crippen LogP contribution is -2.32. The van der Waals surface area contributed by atoms with Crippen LogP contribution in [0.3, 0.4) is 0 Å². The Morgan fingerprint density at radius 2 is 2.00 bits per heavy atom. The summed E-state index contributed by atoms with van der Waals surface area (Å²) < 4.78 is 5.86. The number of likely N-dealkylation sites (tertiary alicyclic amines) is 1. The van der Waals surface area contributed by atoms with E-state index in [2.05, 4.69) is 37.8 Å². The maximum absolute atomic E-state index is 5.86. The maximum Gasteiger partial charge on any atom is 0.118 e. The summed E-state index contributed by atoms with van der Waals surface area (Å²) >= 11 is 0. The van der Waals surface area contributed by atoms with Gasteiger partial charge in [0.25, 0.3) is 0 Å². The largest absolute Gasteiger partial charge is 0.464 e. The van der Waals surface area contributed by atoms with E-state index in [0.29, 0.717) is 5.92 Å². The van der Waals surface area contributed by atoms with Gasteiger partial charge in [0.1, 0.15) is 11.5 Å². The van der Waals surface area contributed by atoms with Crippen LogP contribution < -0.4 is 0 Å². The van der Waals surface area contributed by atoms with Crippen LogP contribution >= 0.6 is 0 Å². The normalized spacial score (nSPS) is 19.1. The van der Waals surface area contributed by atoms with E-state index >= 15 is 0 Å². The van der Waals surface area contributed by atoms with Crippen LogP contribution in [0.2, 0.25) is 0 Å². The zero-order valence-electron chi connectivity index (χ0n) is 11.4. The molecule has 1 aromatic rings. The molecule has 1 aliphatic heterocycles. The van der Waals surface area contributed by atoms with Crippen LogP contribution in [0.1, 0.15) is 57.5 Å². The average molecular weight is 235 g/mol. The van der Waals surface area contributed by atoms with Gasteiger partial charge in [-0.2, -0.15) is 0 Å². The molecule has 0 aromatic carbocycles. The van der Waals surface area contributed by atoms with E-state index in [1.54, 1.807) is 0 Å². The summed E-state index contributed by atoms with van der Waals surface area (Å²) in [6.45, 7) is 10.1. The molecule has 1 aromatic heterocycles. The predicted octanol–water partition coefficient (Wildman–Crippen LogP) is 4.03. The van der Waals surface area contributed by atoms with Crippen LogP contribution in [0.4, 0.5) is 0 Å². The molecule has 0 bridgehead atoms. The molecule has 1 fully saturated rings. The summed E-state index contributed by atoms with van der Waals surface area (Å²) in [6, 6.07) is 4.26. The second-order valence-corrected chi connectivity index (χ2v) is 5.59. The third-order valence-electron chi connectivity index (χ3n) is 3.92. The number of piperidine rings is 1. The molecule has 2 rings (SSSR count). The molecule has 1 saturated heterocycles. The molecule has 0 spiro atoms. The molecule has 0 aliphatic carbocycles. The van der Waals surface area contributed by atoms with Gasteiger partial charge < -0.3 is 4.42 Å². The van der Waals surface area contributed by atoms with Crippen molar-refractivity contribution in [1.82, 2.24) is 4.90 Å². The van der Waals surface area contributed by atoms with Gasteiger partial charge in [-0.25, -0.2) is 0 Å². The number of hydrogen-bond acceptors (Lipinski definition) is 2. The fourth-order valence-electron chi connectivity index (χ4n) is 2.56. The van der Waals surface area contributed by atoms with Gasteiger partial charge in [0.15, 0.2) is 0 Å². The average Bonchev–Trinajstić information content (AvgIpc) is 2.79. The summed E-state index contributed by atoms with van der Waals surface area (Å²) in [5, 5.41) is 0. The summed E-state index contributed by atoms with van der Waals surface area (Å²) in [5.74, 6) is 3.69. The van der Waals surface area contributed by atoms with Crippen molar-refractivity contribution < 1.29 is 4.42 Å². The molecule has 2 nitrogen and oxygen atoms in total. The van der Waals surface area contributed by atoms with Gasteiger partial charge in [0, 0.05) is 5.92 Å². The highest BCUT2D eigenvalue weighted by atomic mass is 16.3. The van der Waals surface area contributed by atoms with Crippen molar-refractivity contribution >= 4 is 0 Å². The van der Waals surface area contributed by atoms with Crippen LogP contribution in [0.5, 0.6) is 0 Å². The molecule has 0 amide bonds. The second kappa shape index (κ2) is 5.72. The highest BCUT2D eigenvalue weighted by molar-refractivity contribution is 5.10. The molecular weight excluding hydrogens is 210 g/mol. The third-order valence-corrected chi connectivity index (χ3v) is 3.92. The molecular formula is C15H25NO. The first-order valence-electron chi connectivity index (χ1n) is 7.00. The van der Waals surface area contributed by atoms with Crippen LogP contribution in [-0.4, -0.2) is 18.0 Å². The summed E-state index contributed by atoms with van der Waals surface area (Å²) in [6.07, 6.45) is 4.05. The summed E-state index contributed by atoms with van der Waals surface area (Å²) in [4.78, 5) is 2.52. The molecule has 96 valence electrons. The molecule has 2 heteroatoms. The second-order valence-electron chi connectivity index (χ2n) is 5.59. The van der Waals surface area contributed by atoms with E-state index in [9.17, 15) is 0 Å². The molecule has 0 radical (unpaired) electrons. The fourth-order valence-corrected chi connectivity index (χ4v) is 2.56. The summed E-state index contributed by atoms with van der Waals surface area (Å²) in [7, 11) is 0. The third kappa shape index (κ3) is 3.35. The summed E-state index contributed by atoms with van der Waals surface area (Å²) in [5.41, 5.74) is 0. The first kappa shape index (κ1) is 12.7. The Hall–Kier alpha value is -0.760. The number of rotatable bonds is 4. The maximum atomic E-state index is 5.86. The van der Waals surface area contributed by atoms with Gasteiger partial charge in [0.05, 0.1) is 6.54 Å². The van der Waals surface area contributed by atoms with Gasteiger partial charge in [-0.05, 0) is 44.0 Å². The van der Waals surface area contributed by atoms with Crippen molar-refractivity contribution in [2.24, 2.45) is 5.92 Å². The smallest absolute Gasteiger partial charge is 0.118 e. The Bertz CT molecular complexity index is 334. The predicted molar refractivity (Wildman–Crippen MR) is 71.1 cm³/mol. The fraction of sp³-hybridized carbons (Fsp3) is 0.733. The van der Waals surface area contributed by atoms with E-state index in [-0.39, 0.29) is 0 Å². The van der Waals surface area contributed by atoms with E-state index in [4.69, 9.17) is 4.42 Å². The Morgan fingerprint density at radius 1 is 1.29 bits per heavy atom. The topological polar surface area (TPSA) is 16.4 Å². The molecule has 0 N–H and O–H groups in total. The van der Waals surface area contributed by atoms with Gasteiger partial charge in [-0.1, -0.05) is 27.2 Å². The minimum absolute atomic E-state index is 0.495. The van der Waals surface area contributed by atoms with E-state index in [1.807, 2.05) is 0 Å². The first-order valence-corrected chi connectivity index (χ1v) is 7.00. The number of nitrogens with zero attached hydrogens (tertiary/aromatic N) is 1. The lowest BCUT2D eigenvalue weighted by molar-refractivity contribution is 0.163. The highest BCUT2D eigenvalue weighted by Gasteiger charge is 2.18. The monoisotopic (exact) mass is 235 g/mol. The minimum atomic E-state index is 0.495. The van der Waals surface area contributed by atoms with Crippen LogP contribution in [0, 0.1) is 5.92 Å². The van der Waals surface area contributed by atoms with Crippen LogP contribution in [0.25, 0.3) is 0 Å². The van der Waals surface area contributed by atoms with Crippen molar-refractivity contribution in [3.8, 4) is 0 Å². The molecule has 17 heavy (non-hydrogen) atoms. The lowest BCUT2D eigenvalue weighted by atomic mass is 9.94. The molecule has 2 heterocycles.